The van der Waals surface area contributed by atoms with Gasteiger partial charge in [0.15, 0.2) is 0 Å². The van der Waals surface area contributed by atoms with E-state index in [1.165, 1.54) is 0 Å². The number of alkyl halides is 1. The number of carboxylic acids is 1. The van der Waals surface area contributed by atoms with Gasteiger partial charge in [-0.25, -0.2) is 4.79 Å². The molecule has 210 valence electrons. The number of carbonyl (C=O) groups excluding carboxylic acids is 5. The summed E-state index contributed by atoms with van der Waals surface area (Å²) in [6.45, 7) is 1.04. The number of hydrogen-bond acceptors (Lipinski definition) is 11. The Kier molecular flexibility index (Phi) is 17.3. The van der Waals surface area contributed by atoms with E-state index in [0.717, 1.165) is 0 Å². The van der Waals surface area contributed by atoms with Crippen molar-refractivity contribution >= 4 is 58.2 Å². The molecule has 15 nitrogen and oxygen atoms in total. The summed E-state index contributed by atoms with van der Waals surface area (Å²) in [5.41, 5.74) is 0. The number of ether oxygens (including phenoxy) is 4. The lowest BCUT2D eigenvalue weighted by atomic mass is 10.2. The third-order valence-corrected chi connectivity index (χ3v) is 5.58. The average molecular weight is 645 g/mol. The molecule has 1 saturated heterocycles. The molecule has 0 aromatic heterocycles. The molecule has 4 amide bonds. The largest absolute Gasteiger partial charge is 0.480 e. The molecule has 0 spiro atoms. The highest BCUT2D eigenvalue weighted by Crippen LogP contribution is 2.12. The van der Waals surface area contributed by atoms with E-state index in [-0.39, 0.29) is 96.8 Å². The van der Waals surface area contributed by atoms with E-state index in [4.69, 9.17) is 24.1 Å². The first-order valence-electron chi connectivity index (χ1n) is 11.5. The van der Waals surface area contributed by atoms with Gasteiger partial charge in [-0.15, -0.1) is 5.06 Å². The first-order valence-corrected chi connectivity index (χ1v) is 12.7. The number of amides is 4. The fourth-order valence-corrected chi connectivity index (χ4v) is 2.90. The number of nitrogens with zero attached hydrogens (tertiary/aromatic N) is 1. The minimum atomic E-state index is -0.947. The van der Waals surface area contributed by atoms with Crippen LogP contribution in [0.25, 0.3) is 0 Å². The number of nitrogens with one attached hydrogen (secondary N) is 2. The molecular formula is C21H32IN3O12. The highest BCUT2D eigenvalue weighted by atomic mass is 127. The maximum Gasteiger partial charge on any atom is 0.358 e. The molecule has 1 rings (SSSR count). The minimum absolute atomic E-state index is 0.0141. The molecule has 16 heteroatoms. The number of carbonyl (C=O) groups is 6. The van der Waals surface area contributed by atoms with Crippen LogP contribution in [0.3, 0.4) is 0 Å². The van der Waals surface area contributed by atoms with Gasteiger partial charge in [0.25, 0.3) is 11.8 Å². The zero-order valence-corrected chi connectivity index (χ0v) is 22.4. The monoisotopic (exact) mass is 645 g/mol. The van der Waals surface area contributed by atoms with Crippen LogP contribution in [0.1, 0.15) is 25.7 Å². The molecule has 1 aliphatic rings. The third-order valence-electron chi connectivity index (χ3n) is 4.43. The Morgan fingerprint density at radius 1 is 0.811 bits per heavy atom. The van der Waals surface area contributed by atoms with Crippen LogP contribution in [0.15, 0.2) is 0 Å². The molecule has 0 bridgehead atoms. The van der Waals surface area contributed by atoms with Crippen LogP contribution < -0.4 is 10.6 Å². The predicted octanol–water partition coefficient (Wildman–Crippen LogP) is -1.44. The van der Waals surface area contributed by atoms with Gasteiger partial charge in [-0.1, -0.05) is 22.6 Å². The van der Waals surface area contributed by atoms with Gasteiger partial charge in [0, 0.05) is 32.4 Å². The lowest BCUT2D eigenvalue weighted by Crippen LogP contribution is -2.33. The normalized spacial score (nSPS) is 13.9. The molecule has 0 aromatic carbocycles. The van der Waals surface area contributed by atoms with Crippen molar-refractivity contribution in [2.75, 3.05) is 65.9 Å². The van der Waals surface area contributed by atoms with E-state index in [2.05, 4.69) is 15.5 Å². The summed E-state index contributed by atoms with van der Waals surface area (Å²) in [6.07, 6.45) is 0.409. The summed E-state index contributed by atoms with van der Waals surface area (Å²) in [6, 6.07) is 0. The first-order chi connectivity index (χ1) is 17.7. The number of carboxylic acid groups (broad SMARTS) is 1. The van der Waals surface area contributed by atoms with Gasteiger partial charge in [0.1, 0.15) is 17.1 Å². The molecule has 0 aromatic rings. The number of rotatable bonds is 21. The third kappa shape index (κ3) is 16.1. The van der Waals surface area contributed by atoms with Crippen LogP contribution in [0.5, 0.6) is 0 Å². The molecule has 0 saturated carbocycles. The average Bonchev–Trinajstić information content (AvgIpc) is 3.17. The van der Waals surface area contributed by atoms with Crippen molar-refractivity contribution in [3.05, 3.63) is 0 Å². The topological polar surface area (TPSA) is 196 Å². The van der Waals surface area contributed by atoms with Gasteiger partial charge in [-0.05, 0) is 6.42 Å². The van der Waals surface area contributed by atoms with Crippen LogP contribution in [0.4, 0.5) is 0 Å². The second-order valence-corrected chi connectivity index (χ2v) is 8.92. The molecule has 0 aliphatic carbocycles. The van der Waals surface area contributed by atoms with Crippen molar-refractivity contribution in [1.82, 2.24) is 15.7 Å². The van der Waals surface area contributed by atoms with E-state index in [0.29, 0.717) is 5.06 Å². The van der Waals surface area contributed by atoms with E-state index in [1.807, 2.05) is 0 Å². The second kappa shape index (κ2) is 19.7. The van der Waals surface area contributed by atoms with Gasteiger partial charge < -0.3 is 39.5 Å². The number of halogens is 1. The fourth-order valence-electron chi connectivity index (χ4n) is 2.59. The lowest BCUT2D eigenvalue weighted by Gasteiger charge is -2.12. The summed E-state index contributed by atoms with van der Waals surface area (Å²) in [4.78, 5) is 72.7. The summed E-state index contributed by atoms with van der Waals surface area (Å²) < 4.78 is 20.1. The Balaban J connectivity index is 1.85. The highest BCUT2D eigenvalue weighted by Gasteiger charge is 2.32. The number of hydroxylamine groups is 2. The lowest BCUT2D eigenvalue weighted by molar-refractivity contribution is -0.200. The van der Waals surface area contributed by atoms with Crippen molar-refractivity contribution in [1.29, 1.82) is 0 Å². The van der Waals surface area contributed by atoms with Crippen molar-refractivity contribution in [3.63, 3.8) is 0 Å². The fraction of sp³-hybridized carbons (Fsp3) is 0.714. The molecule has 1 fully saturated rings. The summed E-state index contributed by atoms with van der Waals surface area (Å²) in [5, 5.41) is 14.4. The standard InChI is InChI=1S/C21H32IN3O12/c22-15(21(31)32)1-2-16(26)23-5-7-33-9-11-35-13-17(27)24-6-8-34-10-12-36-14-20(30)37-25-18(28)3-4-19(25)29/h15H,1-14H2,(H,23,26)(H,24,27)(H,31,32)/t15-/m0/s1. The summed E-state index contributed by atoms with van der Waals surface area (Å²) >= 11 is 1.77. The maximum absolute atomic E-state index is 11.7. The van der Waals surface area contributed by atoms with Crippen LogP contribution in [-0.4, -0.2) is 116 Å². The van der Waals surface area contributed by atoms with Crippen LogP contribution in [0, 0.1) is 0 Å². The zero-order valence-electron chi connectivity index (χ0n) is 20.2. The van der Waals surface area contributed by atoms with Gasteiger partial charge in [-0.3, -0.25) is 24.0 Å². The van der Waals surface area contributed by atoms with Gasteiger partial charge in [0.2, 0.25) is 11.8 Å². The smallest absolute Gasteiger partial charge is 0.358 e. The van der Waals surface area contributed by atoms with Crippen LogP contribution >= 0.6 is 22.6 Å². The van der Waals surface area contributed by atoms with Crippen molar-refractivity contribution in [2.45, 2.75) is 29.6 Å². The summed E-state index contributed by atoms with van der Waals surface area (Å²) in [7, 11) is 0. The SMILES string of the molecule is O=C(CC[C@H](I)C(=O)O)NCCOCCOCC(=O)NCCOCCOCC(=O)ON1C(=O)CCC1=O. The quantitative estimate of drug-likeness (QED) is 0.0570. The van der Waals surface area contributed by atoms with E-state index in [1.54, 1.807) is 22.6 Å². The number of imide groups is 1. The molecule has 3 N–H and O–H groups in total. The summed E-state index contributed by atoms with van der Waals surface area (Å²) in [5.74, 6) is -3.53. The Hall–Kier alpha value is -2.41. The Morgan fingerprint density at radius 2 is 1.32 bits per heavy atom. The first kappa shape index (κ1) is 32.6. The molecular weight excluding hydrogens is 613 g/mol. The van der Waals surface area contributed by atoms with E-state index in [9.17, 15) is 28.8 Å². The Morgan fingerprint density at radius 3 is 1.89 bits per heavy atom. The number of aliphatic carboxylic acids is 1. The van der Waals surface area contributed by atoms with Crippen LogP contribution in [0.2, 0.25) is 0 Å². The molecule has 1 heterocycles. The second-order valence-electron chi connectivity index (χ2n) is 7.42. The van der Waals surface area contributed by atoms with Gasteiger partial charge in [0.05, 0.1) is 39.6 Å². The predicted molar refractivity (Wildman–Crippen MR) is 131 cm³/mol. The highest BCUT2D eigenvalue weighted by molar-refractivity contribution is 14.1. The molecule has 0 unspecified atom stereocenters. The maximum atomic E-state index is 11.7. The molecule has 1 atom stereocenters. The Bertz CT molecular complexity index is 766. The zero-order chi connectivity index (χ0) is 27.5. The van der Waals surface area contributed by atoms with Crippen molar-refractivity contribution < 1.29 is 57.7 Å². The van der Waals surface area contributed by atoms with E-state index < -0.39 is 34.3 Å². The van der Waals surface area contributed by atoms with Crippen molar-refractivity contribution in [2.24, 2.45) is 0 Å². The van der Waals surface area contributed by atoms with Gasteiger partial charge >= 0.3 is 11.9 Å². The van der Waals surface area contributed by atoms with Crippen molar-refractivity contribution in [3.8, 4) is 0 Å². The molecule has 0 radical (unpaired) electrons. The molecule has 37 heavy (non-hydrogen) atoms. The minimum Gasteiger partial charge on any atom is -0.480 e. The van der Waals surface area contributed by atoms with Gasteiger partial charge in [-0.2, -0.15) is 0 Å². The number of hydrogen-bond donors (Lipinski definition) is 3. The Labute approximate surface area is 226 Å². The molecule has 1 aliphatic heterocycles. The van der Waals surface area contributed by atoms with E-state index >= 15 is 0 Å². The van der Waals surface area contributed by atoms with Crippen LogP contribution in [-0.2, 0) is 52.6 Å².